The largest absolute Gasteiger partial charge is 0.444 e. The summed E-state index contributed by atoms with van der Waals surface area (Å²) in [6.07, 6.45) is 5.49. The van der Waals surface area contributed by atoms with E-state index in [2.05, 4.69) is 50.4 Å². The summed E-state index contributed by atoms with van der Waals surface area (Å²) in [6.45, 7) is 10.9. The van der Waals surface area contributed by atoms with Crippen LogP contribution < -0.4 is 15.7 Å². The van der Waals surface area contributed by atoms with Gasteiger partial charge in [0.2, 0.25) is 5.78 Å². The Morgan fingerprint density at radius 1 is 0.923 bits per heavy atom. The van der Waals surface area contributed by atoms with E-state index in [0.29, 0.717) is 0 Å². The molecule has 9 heteroatoms. The van der Waals surface area contributed by atoms with Gasteiger partial charge in [-0.25, -0.2) is 4.79 Å². The van der Waals surface area contributed by atoms with Crippen LogP contribution in [0.1, 0.15) is 48.0 Å². The van der Waals surface area contributed by atoms with Crippen molar-refractivity contribution >= 4 is 30.6 Å². The molecule has 0 aromatic heterocycles. The lowest BCUT2D eigenvalue weighted by Gasteiger charge is -2.45. The van der Waals surface area contributed by atoms with Gasteiger partial charge in [-0.15, -0.1) is 0 Å². The maximum atomic E-state index is 12.7. The molecule has 0 atom stereocenters. The fraction of sp³-hybridized carbons (Fsp3) is 0.400. The van der Waals surface area contributed by atoms with Crippen LogP contribution in [0.4, 0.5) is 4.79 Å². The summed E-state index contributed by atoms with van der Waals surface area (Å²) in [6, 6.07) is 20.4. The van der Waals surface area contributed by atoms with Gasteiger partial charge in [0.1, 0.15) is 5.60 Å². The molecule has 3 rings (SSSR count). The minimum absolute atomic E-state index is 0.248. The highest BCUT2D eigenvalue weighted by molar-refractivity contribution is 6.99. The van der Waals surface area contributed by atoms with Gasteiger partial charge in [-0.2, -0.15) is 0 Å². The molecule has 0 radical (unpaired) electrons. The summed E-state index contributed by atoms with van der Waals surface area (Å²) >= 11 is 0. The second kappa shape index (κ2) is 11.7. The molecule has 0 bridgehead atoms. The van der Waals surface area contributed by atoms with Gasteiger partial charge in [0, 0.05) is 11.3 Å². The number of nitrogens with one attached hydrogen (secondary N) is 1. The zero-order valence-electron chi connectivity index (χ0n) is 23.5. The maximum Gasteiger partial charge on any atom is 0.408 e. The third-order valence-corrected chi connectivity index (χ3v) is 11.5. The third kappa shape index (κ3) is 7.51. The smallest absolute Gasteiger partial charge is 0.408 e. The number of nitrogens with zero attached hydrogens (tertiary/aromatic N) is 1. The summed E-state index contributed by atoms with van der Waals surface area (Å²) in [5.74, 6) is -0.614. The van der Waals surface area contributed by atoms with E-state index in [1.165, 1.54) is 0 Å². The van der Waals surface area contributed by atoms with Gasteiger partial charge in [-0.05, 0) is 36.2 Å². The molecule has 39 heavy (non-hydrogen) atoms. The van der Waals surface area contributed by atoms with Crippen LogP contribution in [0.3, 0.4) is 0 Å². The van der Waals surface area contributed by atoms with Crippen LogP contribution in [0, 0.1) is 10.1 Å². The Morgan fingerprint density at radius 2 is 1.41 bits per heavy atom. The second-order valence-electron chi connectivity index (χ2n) is 11.8. The maximum absolute atomic E-state index is 12.7. The van der Waals surface area contributed by atoms with Crippen LogP contribution in [0.2, 0.25) is 5.04 Å². The Bertz CT molecular complexity index is 1180. The molecule has 1 aliphatic carbocycles. The van der Waals surface area contributed by atoms with Crippen molar-refractivity contribution in [3.8, 4) is 0 Å². The van der Waals surface area contributed by atoms with Crippen molar-refractivity contribution in [3.63, 3.8) is 0 Å². The topological polar surface area (TPSA) is 108 Å². The molecule has 0 spiro atoms. The minimum atomic E-state index is -2.87. The number of ketones is 1. The zero-order valence-corrected chi connectivity index (χ0v) is 24.5. The Hall–Kier alpha value is -3.56. The number of hydrogen-bond acceptors (Lipinski definition) is 6. The first-order valence-corrected chi connectivity index (χ1v) is 14.9. The second-order valence-corrected chi connectivity index (χ2v) is 16.1. The molecule has 1 aliphatic rings. The van der Waals surface area contributed by atoms with Crippen LogP contribution in [0.15, 0.2) is 85.0 Å². The lowest BCUT2D eigenvalue weighted by atomic mass is 9.88. The normalized spacial score (nSPS) is 19.4. The Kier molecular flexibility index (Phi) is 8.97. The molecular weight excluding hydrogens is 512 g/mol. The van der Waals surface area contributed by atoms with Gasteiger partial charge in [0.25, 0.3) is 14.9 Å². The summed E-state index contributed by atoms with van der Waals surface area (Å²) < 4.78 is 12.5. The standard InChI is InChI=1S/C30H38N2O6Si/c1-28(2,3)37-27(34)31-30(21-23(33)22-32(35)36)19-17-24(18-20-30)38-39(29(4,5)6,25-13-9-7-10-14-25)26-15-11-8-12-16-26/h7-20,24H,21-22H2,1-6H3,(H,31,34). The van der Waals surface area contributed by atoms with Crippen LogP contribution in [0.5, 0.6) is 0 Å². The quantitative estimate of drug-likeness (QED) is 0.212. The SMILES string of the molecule is CC(C)(C)OC(=O)NC1(CC(=O)C[N+](=O)[O-])C=CC(O[Si](c2ccccc2)(c2ccccc2)C(C)(C)C)C=C1. The monoisotopic (exact) mass is 550 g/mol. The van der Waals surface area contributed by atoms with Crippen molar-refractivity contribution in [2.75, 3.05) is 6.54 Å². The summed E-state index contributed by atoms with van der Waals surface area (Å²) in [5, 5.41) is 15.7. The molecule has 8 nitrogen and oxygen atoms in total. The lowest BCUT2D eigenvalue weighted by Crippen LogP contribution is -2.67. The molecular formula is C30H38N2O6Si. The zero-order chi connectivity index (χ0) is 28.9. The van der Waals surface area contributed by atoms with E-state index in [4.69, 9.17) is 9.16 Å². The minimum Gasteiger partial charge on any atom is -0.444 e. The Morgan fingerprint density at radius 3 is 1.82 bits per heavy atom. The van der Waals surface area contributed by atoms with E-state index in [1.54, 1.807) is 45.1 Å². The number of carbonyl (C=O) groups excluding carboxylic acids is 2. The molecule has 1 amide bonds. The molecule has 2 aromatic rings. The number of carbonyl (C=O) groups is 2. The fourth-order valence-corrected chi connectivity index (χ4v) is 9.47. The van der Waals surface area contributed by atoms with Crippen molar-refractivity contribution in [1.82, 2.24) is 5.32 Å². The van der Waals surface area contributed by atoms with Crippen molar-refractivity contribution in [2.45, 2.75) is 70.2 Å². The molecule has 0 heterocycles. The number of Topliss-reactive ketones (excluding diaryl/α,β-unsaturated/α-hetero) is 1. The van der Waals surface area contributed by atoms with Gasteiger partial charge in [0.05, 0.1) is 11.6 Å². The first kappa shape index (κ1) is 30.0. The highest BCUT2D eigenvalue weighted by Gasteiger charge is 2.51. The number of ether oxygens (including phenoxy) is 1. The first-order chi connectivity index (χ1) is 18.2. The molecule has 0 unspecified atom stereocenters. The van der Waals surface area contributed by atoms with Crippen LogP contribution in [-0.2, 0) is 14.0 Å². The highest BCUT2D eigenvalue weighted by Crippen LogP contribution is 2.38. The third-order valence-electron chi connectivity index (χ3n) is 6.43. The number of nitro groups is 1. The molecule has 0 saturated heterocycles. The predicted molar refractivity (Wildman–Crippen MR) is 154 cm³/mol. The van der Waals surface area contributed by atoms with Crippen LogP contribution >= 0.6 is 0 Å². The van der Waals surface area contributed by atoms with E-state index in [9.17, 15) is 19.7 Å². The van der Waals surface area contributed by atoms with E-state index >= 15 is 0 Å². The molecule has 2 aromatic carbocycles. The van der Waals surface area contributed by atoms with Gasteiger partial charge in [0.15, 0.2) is 0 Å². The average Bonchev–Trinajstić information content (AvgIpc) is 2.82. The van der Waals surface area contributed by atoms with Crippen molar-refractivity contribution < 1.29 is 23.7 Å². The summed E-state index contributed by atoms with van der Waals surface area (Å²) in [5.41, 5.74) is -2.03. The van der Waals surface area contributed by atoms with E-state index < -0.39 is 48.9 Å². The van der Waals surface area contributed by atoms with Gasteiger partial charge in [-0.1, -0.05) is 106 Å². The van der Waals surface area contributed by atoms with E-state index in [-0.39, 0.29) is 11.5 Å². The predicted octanol–water partition coefficient (Wildman–Crippen LogP) is 4.56. The summed E-state index contributed by atoms with van der Waals surface area (Å²) in [4.78, 5) is 35.4. The first-order valence-electron chi connectivity index (χ1n) is 13.0. The number of hydrogen-bond donors (Lipinski definition) is 1. The highest BCUT2D eigenvalue weighted by atomic mass is 28.4. The van der Waals surface area contributed by atoms with Gasteiger partial charge < -0.3 is 14.5 Å². The summed E-state index contributed by atoms with van der Waals surface area (Å²) in [7, 11) is -2.87. The Balaban J connectivity index is 2.00. The van der Waals surface area contributed by atoms with Gasteiger partial charge >= 0.3 is 6.09 Å². The Labute approximate surface area is 231 Å². The number of alkyl carbamates (subject to hydrolysis) is 1. The molecule has 208 valence electrons. The van der Waals surface area contributed by atoms with E-state index in [1.807, 2.05) is 36.4 Å². The average molecular weight is 551 g/mol. The van der Waals surface area contributed by atoms with Gasteiger partial charge in [-0.3, -0.25) is 14.9 Å². The van der Waals surface area contributed by atoms with Crippen molar-refractivity contribution in [1.29, 1.82) is 0 Å². The van der Waals surface area contributed by atoms with Crippen LogP contribution in [-0.4, -0.2) is 48.9 Å². The van der Waals surface area contributed by atoms with Crippen molar-refractivity contribution in [2.24, 2.45) is 0 Å². The number of benzene rings is 2. The fourth-order valence-electron chi connectivity index (χ4n) is 4.89. The number of amides is 1. The van der Waals surface area contributed by atoms with Crippen molar-refractivity contribution in [3.05, 3.63) is 95.1 Å². The van der Waals surface area contributed by atoms with E-state index in [0.717, 1.165) is 10.4 Å². The number of rotatable bonds is 9. The van der Waals surface area contributed by atoms with Crippen LogP contribution in [0.25, 0.3) is 0 Å². The molecule has 1 N–H and O–H groups in total. The molecule has 0 aliphatic heterocycles. The molecule has 0 fully saturated rings. The molecule has 0 saturated carbocycles. The lowest BCUT2D eigenvalue weighted by molar-refractivity contribution is -0.467.